The Hall–Kier alpha value is -3.65. The number of aryl methyl sites for hydroxylation is 1. The smallest absolute Gasteiger partial charge is 0.0955 e. The highest BCUT2D eigenvalue weighted by atomic mass is 15.0. The molecule has 0 aliphatic carbocycles. The number of rotatable bonds is 1. The summed E-state index contributed by atoms with van der Waals surface area (Å²) in [5, 5.41) is 7.83. The van der Waals surface area contributed by atoms with Crippen LogP contribution in [0.25, 0.3) is 54.5 Å². The van der Waals surface area contributed by atoms with Gasteiger partial charge in [0.1, 0.15) is 0 Å². The van der Waals surface area contributed by atoms with Crippen molar-refractivity contribution < 1.29 is 0 Å². The summed E-state index contributed by atoms with van der Waals surface area (Å²) in [6.07, 6.45) is 1.89. The topological polar surface area (TPSA) is 17.8 Å². The van der Waals surface area contributed by atoms with E-state index in [0.717, 1.165) is 5.52 Å². The molecule has 0 unspecified atom stereocenters. The lowest BCUT2D eigenvalue weighted by Gasteiger charge is -2.12. The SMILES string of the molecule is Cn1cnc2cccc(-c3ccc4c5ccccc5c5ccccc5c4c3)c21. The maximum Gasteiger partial charge on any atom is 0.0955 e. The molecular formula is C26H18N2. The van der Waals surface area contributed by atoms with Crippen molar-refractivity contribution in [1.82, 2.24) is 9.55 Å². The molecule has 0 bridgehead atoms. The fourth-order valence-corrected chi connectivity index (χ4v) is 4.52. The number of imidazole rings is 1. The average molecular weight is 358 g/mol. The number of hydrogen-bond donors (Lipinski definition) is 0. The van der Waals surface area contributed by atoms with Crippen molar-refractivity contribution in [2.45, 2.75) is 0 Å². The molecule has 6 aromatic rings. The summed E-state index contributed by atoms with van der Waals surface area (Å²) in [6.45, 7) is 0. The molecule has 0 N–H and O–H groups in total. The predicted octanol–water partition coefficient (Wildman–Crippen LogP) is 6.70. The van der Waals surface area contributed by atoms with Crippen LogP contribution in [0.3, 0.4) is 0 Å². The minimum Gasteiger partial charge on any atom is -0.333 e. The van der Waals surface area contributed by atoms with Crippen molar-refractivity contribution in [3.63, 3.8) is 0 Å². The molecule has 0 atom stereocenters. The second-order valence-electron chi connectivity index (χ2n) is 7.38. The van der Waals surface area contributed by atoms with Crippen LogP contribution in [0.15, 0.2) is 91.3 Å². The molecule has 6 rings (SSSR count). The standard InChI is InChI=1S/C26H18N2/c1-28-16-27-25-12-6-11-18(26(25)28)17-13-14-23-21-9-3-2-7-19(21)20-8-4-5-10-22(20)24(23)15-17/h2-16H,1H3. The molecule has 0 aliphatic rings. The molecule has 5 aromatic carbocycles. The highest BCUT2D eigenvalue weighted by Crippen LogP contribution is 2.38. The van der Waals surface area contributed by atoms with Gasteiger partial charge in [0.05, 0.1) is 17.4 Å². The quantitative estimate of drug-likeness (QED) is 0.299. The van der Waals surface area contributed by atoms with Crippen LogP contribution in [-0.2, 0) is 7.05 Å². The van der Waals surface area contributed by atoms with E-state index in [1.807, 2.05) is 6.33 Å². The molecule has 0 spiro atoms. The third-order valence-electron chi connectivity index (χ3n) is 5.79. The molecule has 2 nitrogen and oxygen atoms in total. The summed E-state index contributed by atoms with van der Waals surface area (Å²) in [5.41, 5.74) is 4.65. The first kappa shape index (κ1) is 15.4. The van der Waals surface area contributed by atoms with Gasteiger partial charge in [-0.15, -0.1) is 0 Å². The first-order valence-corrected chi connectivity index (χ1v) is 9.55. The first-order valence-electron chi connectivity index (χ1n) is 9.55. The third kappa shape index (κ3) is 2.06. The summed E-state index contributed by atoms with van der Waals surface area (Å²) in [7, 11) is 2.06. The minimum atomic E-state index is 1.03. The molecule has 0 amide bonds. The van der Waals surface area contributed by atoms with E-state index in [-0.39, 0.29) is 0 Å². The van der Waals surface area contributed by atoms with Crippen molar-refractivity contribution in [1.29, 1.82) is 0 Å². The highest BCUT2D eigenvalue weighted by molar-refractivity contribution is 6.25. The Kier molecular flexibility index (Phi) is 3.12. The zero-order chi connectivity index (χ0) is 18.7. The van der Waals surface area contributed by atoms with E-state index < -0.39 is 0 Å². The van der Waals surface area contributed by atoms with Crippen LogP contribution in [0, 0.1) is 0 Å². The number of para-hydroxylation sites is 1. The summed E-state index contributed by atoms with van der Waals surface area (Å²) in [6, 6.07) is 30.6. The minimum absolute atomic E-state index is 1.03. The lowest BCUT2D eigenvalue weighted by molar-refractivity contribution is 0.948. The second kappa shape index (κ2) is 5.67. The Balaban J connectivity index is 1.77. The first-order chi connectivity index (χ1) is 13.8. The van der Waals surface area contributed by atoms with E-state index in [0.29, 0.717) is 0 Å². The van der Waals surface area contributed by atoms with Gasteiger partial charge in [0.15, 0.2) is 0 Å². The van der Waals surface area contributed by atoms with Gasteiger partial charge in [-0.05, 0) is 50.0 Å². The fourth-order valence-electron chi connectivity index (χ4n) is 4.52. The molecule has 0 saturated heterocycles. The number of fused-ring (bicyclic) bond motifs is 7. The Morgan fingerprint density at radius 3 is 1.89 bits per heavy atom. The van der Waals surface area contributed by atoms with Crippen LogP contribution in [0.2, 0.25) is 0 Å². The van der Waals surface area contributed by atoms with Gasteiger partial charge >= 0.3 is 0 Å². The largest absolute Gasteiger partial charge is 0.333 e. The Labute approximate surface area is 162 Å². The van der Waals surface area contributed by atoms with Crippen LogP contribution >= 0.6 is 0 Å². The van der Waals surface area contributed by atoms with Gasteiger partial charge in [-0.2, -0.15) is 0 Å². The molecular weight excluding hydrogens is 340 g/mol. The molecule has 0 radical (unpaired) electrons. The van der Waals surface area contributed by atoms with Crippen molar-refractivity contribution in [3.05, 3.63) is 91.3 Å². The van der Waals surface area contributed by atoms with Crippen LogP contribution in [-0.4, -0.2) is 9.55 Å². The number of benzene rings is 5. The number of hydrogen-bond acceptors (Lipinski definition) is 1. The predicted molar refractivity (Wildman–Crippen MR) is 119 cm³/mol. The molecule has 28 heavy (non-hydrogen) atoms. The van der Waals surface area contributed by atoms with Crippen LogP contribution in [0.4, 0.5) is 0 Å². The van der Waals surface area contributed by atoms with E-state index in [2.05, 4.69) is 102 Å². The van der Waals surface area contributed by atoms with Gasteiger partial charge in [-0.25, -0.2) is 4.98 Å². The van der Waals surface area contributed by atoms with Crippen LogP contribution in [0.1, 0.15) is 0 Å². The van der Waals surface area contributed by atoms with E-state index in [1.54, 1.807) is 0 Å². The van der Waals surface area contributed by atoms with Crippen LogP contribution < -0.4 is 0 Å². The van der Waals surface area contributed by atoms with E-state index in [1.165, 1.54) is 49.0 Å². The monoisotopic (exact) mass is 358 g/mol. The van der Waals surface area contributed by atoms with Gasteiger partial charge in [-0.3, -0.25) is 0 Å². The molecule has 2 heteroatoms. The van der Waals surface area contributed by atoms with Gasteiger partial charge in [0, 0.05) is 12.6 Å². The van der Waals surface area contributed by atoms with Crippen molar-refractivity contribution >= 4 is 43.4 Å². The molecule has 0 aliphatic heterocycles. The summed E-state index contributed by atoms with van der Waals surface area (Å²) in [4.78, 5) is 4.52. The Morgan fingerprint density at radius 1 is 0.607 bits per heavy atom. The Morgan fingerprint density at radius 2 is 1.21 bits per heavy atom. The van der Waals surface area contributed by atoms with Crippen molar-refractivity contribution in [2.24, 2.45) is 7.05 Å². The number of nitrogens with zero attached hydrogens (tertiary/aromatic N) is 2. The van der Waals surface area contributed by atoms with Gasteiger partial charge in [0.2, 0.25) is 0 Å². The molecule has 1 aromatic heterocycles. The maximum absolute atomic E-state index is 4.52. The summed E-state index contributed by atoms with van der Waals surface area (Å²) < 4.78 is 2.10. The lowest BCUT2D eigenvalue weighted by atomic mass is 9.92. The summed E-state index contributed by atoms with van der Waals surface area (Å²) in [5.74, 6) is 0. The Bertz CT molecular complexity index is 1490. The van der Waals surface area contributed by atoms with Crippen LogP contribution in [0.5, 0.6) is 0 Å². The third-order valence-corrected chi connectivity index (χ3v) is 5.79. The van der Waals surface area contributed by atoms with Crippen molar-refractivity contribution in [3.8, 4) is 11.1 Å². The zero-order valence-electron chi connectivity index (χ0n) is 15.6. The lowest BCUT2D eigenvalue weighted by Crippen LogP contribution is -1.89. The highest BCUT2D eigenvalue weighted by Gasteiger charge is 2.12. The average Bonchev–Trinajstić information content (AvgIpc) is 3.15. The normalized spacial score (nSPS) is 11.8. The second-order valence-corrected chi connectivity index (χ2v) is 7.38. The van der Waals surface area contributed by atoms with Gasteiger partial charge in [-0.1, -0.05) is 72.8 Å². The zero-order valence-corrected chi connectivity index (χ0v) is 15.6. The molecule has 1 heterocycles. The van der Waals surface area contributed by atoms with E-state index >= 15 is 0 Å². The molecule has 132 valence electrons. The maximum atomic E-state index is 4.52. The van der Waals surface area contributed by atoms with E-state index in [4.69, 9.17) is 0 Å². The molecule has 0 saturated carbocycles. The van der Waals surface area contributed by atoms with E-state index in [9.17, 15) is 0 Å². The van der Waals surface area contributed by atoms with Gasteiger partial charge < -0.3 is 4.57 Å². The number of aromatic nitrogens is 2. The fraction of sp³-hybridized carbons (Fsp3) is 0.0385. The van der Waals surface area contributed by atoms with Crippen molar-refractivity contribution in [2.75, 3.05) is 0 Å². The summed E-state index contributed by atoms with van der Waals surface area (Å²) >= 11 is 0. The molecule has 0 fully saturated rings. The van der Waals surface area contributed by atoms with Gasteiger partial charge in [0.25, 0.3) is 0 Å².